The van der Waals surface area contributed by atoms with Crippen molar-refractivity contribution in [3.05, 3.63) is 30.3 Å². The largest absolute Gasteiger partial charge is 0.381 e. The normalized spacial score (nSPS) is 20.4. The van der Waals surface area contributed by atoms with Crippen LogP contribution in [0.3, 0.4) is 0 Å². The van der Waals surface area contributed by atoms with E-state index in [1.54, 1.807) is 7.11 Å². The summed E-state index contributed by atoms with van der Waals surface area (Å²) in [5.74, 6) is 0.901. The molecule has 0 amide bonds. The van der Waals surface area contributed by atoms with Gasteiger partial charge in [-0.05, 0) is 31.9 Å². The van der Waals surface area contributed by atoms with Crippen LogP contribution in [-0.4, -0.2) is 64.1 Å². The van der Waals surface area contributed by atoms with Crippen molar-refractivity contribution in [1.82, 2.24) is 10.6 Å². The van der Waals surface area contributed by atoms with Crippen LogP contribution in [0.25, 0.3) is 0 Å². The van der Waals surface area contributed by atoms with E-state index in [9.17, 15) is 0 Å². The standard InChI is InChI=1S/C21H34N4O2.HI/c1-3-22-20(23-17-21(26-2)11-15-27-16-12-21)24-18-9-13-25(14-10-18)19-7-5-4-6-8-19;/h4-8,18H,3,9-17H2,1-2H3,(H2,22,23,24);1H. The van der Waals surface area contributed by atoms with Gasteiger partial charge in [-0.2, -0.15) is 0 Å². The molecule has 2 fully saturated rings. The van der Waals surface area contributed by atoms with E-state index in [1.165, 1.54) is 5.69 Å². The molecule has 2 saturated heterocycles. The highest BCUT2D eigenvalue weighted by Crippen LogP contribution is 2.25. The molecule has 158 valence electrons. The summed E-state index contributed by atoms with van der Waals surface area (Å²) in [5, 5.41) is 7.03. The fourth-order valence-corrected chi connectivity index (χ4v) is 3.83. The minimum absolute atomic E-state index is 0. The molecule has 0 unspecified atom stereocenters. The first-order valence-electron chi connectivity index (χ1n) is 10.2. The van der Waals surface area contributed by atoms with Gasteiger partial charge in [0.15, 0.2) is 5.96 Å². The van der Waals surface area contributed by atoms with Crippen LogP contribution in [0.1, 0.15) is 32.6 Å². The van der Waals surface area contributed by atoms with Crippen molar-refractivity contribution in [1.29, 1.82) is 0 Å². The van der Waals surface area contributed by atoms with Crippen molar-refractivity contribution in [3.8, 4) is 0 Å². The van der Waals surface area contributed by atoms with Gasteiger partial charge < -0.3 is 25.0 Å². The number of benzene rings is 1. The van der Waals surface area contributed by atoms with Gasteiger partial charge in [-0.15, -0.1) is 24.0 Å². The van der Waals surface area contributed by atoms with Crippen LogP contribution in [0.15, 0.2) is 35.3 Å². The zero-order valence-corrected chi connectivity index (χ0v) is 19.5. The van der Waals surface area contributed by atoms with E-state index < -0.39 is 0 Å². The Balaban J connectivity index is 0.00000280. The second-order valence-electron chi connectivity index (χ2n) is 7.44. The van der Waals surface area contributed by atoms with Crippen LogP contribution in [0, 0.1) is 0 Å². The monoisotopic (exact) mass is 502 g/mol. The predicted molar refractivity (Wildman–Crippen MR) is 126 cm³/mol. The number of anilines is 1. The maximum absolute atomic E-state index is 5.81. The molecule has 0 atom stereocenters. The average molecular weight is 502 g/mol. The molecule has 2 aliphatic heterocycles. The Hall–Kier alpha value is -1.06. The number of rotatable bonds is 6. The zero-order chi connectivity index (χ0) is 19.0. The molecule has 6 nitrogen and oxygen atoms in total. The maximum Gasteiger partial charge on any atom is 0.191 e. The first-order valence-corrected chi connectivity index (χ1v) is 10.2. The van der Waals surface area contributed by atoms with Crippen molar-refractivity contribution in [2.24, 2.45) is 4.99 Å². The predicted octanol–water partition coefficient (Wildman–Crippen LogP) is 3.02. The SMILES string of the molecule is CCNC(=NCC1(OC)CCOCC1)NC1CCN(c2ccccc2)CC1.I. The van der Waals surface area contributed by atoms with E-state index in [2.05, 4.69) is 52.8 Å². The van der Waals surface area contributed by atoms with Crippen molar-refractivity contribution in [2.75, 3.05) is 51.4 Å². The fraction of sp³-hybridized carbons (Fsp3) is 0.667. The molecule has 2 heterocycles. The summed E-state index contributed by atoms with van der Waals surface area (Å²) < 4.78 is 11.3. The third-order valence-electron chi connectivity index (χ3n) is 5.66. The van der Waals surface area contributed by atoms with Gasteiger partial charge in [0.1, 0.15) is 0 Å². The number of ether oxygens (including phenoxy) is 2. The smallest absolute Gasteiger partial charge is 0.191 e. The molecule has 0 radical (unpaired) electrons. The highest BCUT2D eigenvalue weighted by molar-refractivity contribution is 14.0. The Bertz CT molecular complexity index is 585. The van der Waals surface area contributed by atoms with Crippen molar-refractivity contribution >= 4 is 35.6 Å². The molecule has 1 aromatic carbocycles. The molecule has 0 saturated carbocycles. The van der Waals surface area contributed by atoms with E-state index in [1.807, 2.05) is 0 Å². The van der Waals surface area contributed by atoms with Gasteiger partial charge in [0, 0.05) is 64.5 Å². The van der Waals surface area contributed by atoms with Gasteiger partial charge in [-0.1, -0.05) is 18.2 Å². The lowest BCUT2D eigenvalue weighted by atomic mass is 9.94. The first-order chi connectivity index (χ1) is 13.2. The Morgan fingerprint density at radius 3 is 2.50 bits per heavy atom. The molecule has 0 aliphatic carbocycles. The van der Waals surface area contributed by atoms with E-state index in [0.29, 0.717) is 12.6 Å². The van der Waals surface area contributed by atoms with Crippen LogP contribution in [-0.2, 0) is 9.47 Å². The average Bonchev–Trinajstić information content (AvgIpc) is 2.74. The molecule has 28 heavy (non-hydrogen) atoms. The summed E-state index contributed by atoms with van der Waals surface area (Å²) in [6.07, 6.45) is 4.04. The van der Waals surface area contributed by atoms with Crippen molar-refractivity contribution in [2.45, 2.75) is 44.2 Å². The molecule has 0 aromatic heterocycles. The summed E-state index contributed by atoms with van der Waals surface area (Å²) in [4.78, 5) is 7.31. The molecule has 2 aliphatic rings. The van der Waals surface area contributed by atoms with E-state index >= 15 is 0 Å². The quantitative estimate of drug-likeness (QED) is 0.356. The number of methoxy groups -OCH3 is 1. The Kier molecular flexibility index (Phi) is 9.81. The van der Waals surface area contributed by atoms with E-state index in [4.69, 9.17) is 14.5 Å². The summed E-state index contributed by atoms with van der Waals surface area (Å²) in [6, 6.07) is 11.1. The summed E-state index contributed by atoms with van der Waals surface area (Å²) >= 11 is 0. The van der Waals surface area contributed by atoms with Crippen LogP contribution < -0.4 is 15.5 Å². The first kappa shape index (κ1) is 23.2. The van der Waals surface area contributed by atoms with Gasteiger partial charge in [0.05, 0.1) is 12.1 Å². The van der Waals surface area contributed by atoms with Crippen molar-refractivity contribution < 1.29 is 9.47 Å². The Labute approximate surface area is 186 Å². The number of hydrogen-bond donors (Lipinski definition) is 2. The van der Waals surface area contributed by atoms with Crippen LogP contribution in [0.2, 0.25) is 0 Å². The third kappa shape index (κ3) is 6.49. The number of nitrogens with one attached hydrogen (secondary N) is 2. The number of hydrogen-bond acceptors (Lipinski definition) is 4. The van der Waals surface area contributed by atoms with Gasteiger partial charge in [-0.25, -0.2) is 0 Å². The molecule has 2 N–H and O–H groups in total. The number of halogens is 1. The number of para-hydroxylation sites is 1. The van der Waals surface area contributed by atoms with Gasteiger partial charge in [-0.3, -0.25) is 4.99 Å². The number of guanidine groups is 1. The molecule has 3 rings (SSSR count). The highest BCUT2D eigenvalue weighted by Gasteiger charge is 2.32. The van der Waals surface area contributed by atoms with Crippen LogP contribution in [0.4, 0.5) is 5.69 Å². The lowest BCUT2D eigenvalue weighted by Gasteiger charge is -2.36. The number of nitrogens with zero attached hydrogens (tertiary/aromatic N) is 2. The second kappa shape index (κ2) is 11.8. The molecular weight excluding hydrogens is 467 g/mol. The summed E-state index contributed by atoms with van der Waals surface area (Å²) in [7, 11) is 1.79. The lowest BCUT2D eigenvalue weighted by Crippen LogP contribution is -2.49. The molecule has 0 spiro atoms. The summed E-state index contributed by atoms with van der Waals surface area (Å²) in [6.45, 7) is 7.29. The highest BCUT2D eigenvalue weighted by atomic mass is 127. The Morgan fingerprint density at radius 2 is 1.89 bits per heavy atom. The van der Waals surface area contributed by atoms with E-state index in [0.717, 1.165) is 64.5 Å². The molecule has 0 bridgehead atoms. The minimum atomic E-state index is -0.183. The number of aliphatic imine (C=N–C) groups is 1. The van der Waals surface area contributed by atoms with Crippen LogP contribution in [0.5, 0.6) is 0 Å². The van der Waals surface area contributed by atoms with Crippen LogP contribution >= 0.6 is 24.0 Å². The number of piperidine rings is 1. The zero-order valence-electron chi connectivity index (χ0n) is 17.2. The Morgan fingerprint density at radius 1 is 1.21 bits per heavy atom. The van der Waals surface area contributed by atoms with Crippen molar-refractivity contribution in [3.63, 3.8) is 0 Å². The molecule has 7 heteroatoms. The second-order valence-corrected chi connectivity index (χ2v) is 7.44. The minimum Gasteiger partial charge on any atom is -0.381 e. The fourth-order valence-electron chi connectivity index (χ4n) is 3.83. The summed E-state index contributed by atoms with van der Waals surface area (Å²) in [5.41, 5.74) is 1.13. The van der Waals surface area contributed by atoms with E-state index in [-0.39, 0.29) is 29.6 Å². The van der Waals surface area contributed by atoms with Gasteiger partial charge in [0.25, 0.3) is 0 Å². The maximum atomic E-state index is 5.81. The third-order valence-corrected chi connectivity index (χ3v) is 5.66. The lowest BCUT2D eigenvalue weighted by molar-refractivity contribution is -0.0828. The van der Waals surface area contributed by atoms with Gasteiger partial charge in [0.2, 0.25) is 0 Å². The molecule has 1 aromatic rings. The topological polar surface area (TPSA) is 58.1 Å². The molecular formula is C21H35IN4O2. The van der Waals surface area contributed by atoms with Gasteiger partial charge >= 0.3 is 0 Å².